The van der Waals surface area contributed by atoms with Crippen molar-refractivity contribution in [2.45, 2.75) is 19.0 Å². The van der Waals surface area contributed by atoms with Crippen LogP contribution in [0.5, 0.6) is 0 Å². The van der Waals surface area contributed by atoms with Crippen molar-refractivity contribution >= 4 is 39.4 Å². The van der Waals surface area contributed by atoms with Crippen LogP contribution in [0, 0.1) is 13.8 Å². The van der Waals surface area contributed by atoms with Gasteiger partial charge in [-0.3, -0.25) is 14.2 Å². The number of para-hydroxylation sites is 2. The first kappa shape index (κ1) is 20.3. The van der Waals surface area contributed by atoms with E-state index in [4.69, 9.17) is 4.98 Å². The Labute approximate surface area is 189 Å². The number of carbonyl (C=O) groups excluding carboxylic acids is 1. The van der Waals surface area contributed by atoms with Gasteiger partial charge in [0.2, 0.25) is 0 Å². The predicted molar refractivity (Wildman–Crippen MR) is 130 cm³/mol. The maximum Gasteiger partial charge on any atom is 0.266 e. The van der Waals surface area contributed by atoms with Crippen molar-refractivity contribution in [3.05, 3.63) is 100.0 Å². The number of thioether (sulfide) groups is 1. The minimum Gasteiger partial charge on any atom is -0.360 e. The molecule has 0 bridgehead atoms. The second kappa shape index (κ2) is 8.13. The molecule has 0 saturated heterocycles. The maximum atomic E-state index is 13.4. The van der Waals surface area contributed by atoms with Crippen LogP contribution in [-0.4, -0.2) is 26.1 Å². The van der Waals surface area contributed by atoms with Gasteiger partial charge in [0.05, 0.1) is 22.3 Å². The van der Waals surface area contributed by atoms with E-state index in [9.17, 15) is 9.59 Å². The summed E-state index contributed by atoms with van der Waals surface area (Å²) < 4.78 is 1.61. The first-order valence-electron chi connectivity index (χ1n) is 10.3. The van der Waals surface area contributed by atoms with E-state index in [2.05, 4.69) is 4.98 Å². The summed E-state index contributed by atoms with van der Waals surface area (Å²) in [6.07, 6.45) is 1.75. The number of aryl methyl sites for hydroxylation is 2. The molecule has 0 atom stereocenters. The number of carbonyl (C=O) groups is 1. The van der Waals surface area contributed by atoms with Crippen LogP contribution in [0.25, 0.3) is 27.5 Å². The van der Waals surface area contributed by atoms with Crippen LogP contribution in [0.15, 0.2) is 82.9 Å². The SMILES string of the molecule is Cc1ccc(-n2c(SCC(=O)c3c[nH]c4ccccc34)nc3ccccc3c2=O)cc1C. The van der Waals surface area contributed by atoms with Crippen LogP contribution in [-0.2, 0) is 0 Å². The molecule has 2 aromatic heterocycles. The lowest BCUT2D eigenvalue weighted by Crippen LogP contribution is -2.22. The molecule has 3 aromatic carbocycles. The summed E-state index contributed by atoms with van der Waals surface area (Å²) in [5.41, 5.74) is 5.05. The molecular formula is C26H21N3O2S. The quantitative estimate of drug-likeness (QED) is 0.224. The van der Waals surface area contributed by atoms with Gasteiger partial charge in [-0.1, -0.05) is 48.2 Å². The topological polar surface area (TPSA) is 67.8 Å². The Balaban J connectivity index is 1.57. The number of fused-ring (bicyclic) bond motifs is 2. The Morgan fingerprint density at radius 3 is 2.53 bits per heavy atom. The number of rotatable bonds is 5. The maximum absolute atomic E-state index is 13.4. The molecule has 0 aliphatic heterocycles. The summed E-state index contributed by atoms with van der Waals surface area (Å²) in [6, 6.07) is 20.9. The van der Waals surface area contributed by atoms with Crippen LogP contribution in [0.1, 0.15) is 21.5 Å². The zero-order valence-electron chi connectivity index (χ0n) is 17.8. The van der Waals surface area contributed by atoms with Gasteiger partial charge in [0.15, 0.2) is 10.9 Å². The van der Waals surface area contributed by atoms with Gasteiger partial charge in [0.25, 0.3) is 5.56 Å². The number of aromatic nitrogens is 3. The summed E-state index contributed by atoms with van der Waals surface area (Å²) in [7, 11) is 0. The minimum atomic E-state index is -0.138. The number of aromatic amines is 1. The third kappa shape index (κ3) is 3.52. The number of nitrogens with zero attached hydrogens (tertiary/aromatic N) is 2. The molecule has 0 saturated carbocycles. The van der Waals surface area contributed by atoms with Crippen LogP contribution in [0.4, 0.5) is 0 Å². The molecule has 5 aromatic rings. The third-order valence-electron chi connectivity index (χ3n) is 5.72. The molecule has 0 aliphatic rings. The third-order valence-corrected chi connectivity index (χ3v) is 6.65. The van der Waals surface area contributed by atoms with Crippen molar-refractivity contribution in [3.8, 4) is 5.69 Å². The van der Waals surface area contributed by atoms with Crippen LogP contribution >= 0.6 is 11.8 Å². The van der Waals surface area contributed by atoms with Gasteiger partial charge < -0.3 is 4.98 Å². The van der Waals surface area contributed by atoms with Crippen LogP contribution in [0.3, 0.4) is 0 Å². The number of ketones is 1. The van der Waals surface area contributed by atoms with E-state index < -0.39 is 0 Å². The van der Waals surface area contributed by atoms with E-state index in [1.54, 1.807) is 16.8 Å². The molecule has 32 heavy (non-hydrogen) atoms. The normalized spacial score (nSPS) is 11.3. The number of Topliss-reactive ketones (excluding diaryl/α,β-unsaturated/α-hetero) is 1. The fourth-order valence-electron chi connectivity index (χ4n) is 3.81. The average Bonchev–Trinajstić information content (AvgIpc) is 3.24. The molecular weight excluding hydrogens is 418 g/mol. The Morgan fingerprint density at radius 1 is 0.969 bits per heavy atom. The molecule has 6 heteroatoms. The summed E-state index contributed by atoms with van der Waals surface area (Å²) >= 11 is 1.28. The highest BCUT2D eigenvalue weighted by molar-refractivity contribution is 7.99. The zero-order valence-corrected chi connectivity index (χ0v) is 18.6. The number of hydrogen-bond donors (Lipinski definition) is 1. The fourth-order valence-corrected chi connectivity index (χ4v) is 4.71. The zero-order chi connectivity index (χ0) is 22.2. The smallest absolute Gasteiger partial charge is 0.266 e. The van der Waals surface area contributed by atoms with E-state index in [-0.39, 0.29) is 17.1 Å². The highest BCUT2D eigenvalue weighted by Gasteiger charge is 2.17. The Hall–Kier alpha value is -3.64. The molecule has 1 N–H and O–H groups in total. The number of nitrogens with one attached hydrogen (secondary N) is 1. The van der Waals surface area contributed by atoms with Gasteiger partial charge in [0.1, 0.15) is 0 Å². The van der Waals surface area contributed by atoms with Gasteiger partial charge in [-0.25, -0.2) is 4.98 Å². The van der Waals surface area contributed by atoms with Gasteiger partial charge in [0, 0.05) is 22.7 Å². The van der Waals surface area contributed by atoms with Gasteiger partial charge in [-0.15, -0.1) is 0 Å². The van der Waals surface area contributed by atoms with Crippen LogP contribution in [0.2, 0.25) is 0 Å². The highest BCUT2D eigenvalue weighted by Crippen LogP contribution is 2.25. The van der Waals surface area contributed by atoms with Crippen molar-refractivity contribution in [2.24, 2.45) is 0 Å². The minimum absolute atomic E-state index is 0.0125. The predicted octanol–water partition coefficient (Wildman–Crippen LogP) is 5.46. The molecule has 5 nitrogen and oxygen atoms in total. The molecule has 0 unspecified atom stereocenters. The van der Waals surface area contributed by atoms with Crippen molar-refractivity contribution in [2.75, 3.05) is 5.75 Å². The molecule has 5 rings (SSSR count). The van der Waals surface area contributed by atoms with E-state index in [1.807, 2.05) is 74.5 Å². The van der Waals surface area contributed by atoms with Crippen LogP contribution < -0.4 is 5.56 Å². The lowest BCUT2D eigenvalue weighted by atomic mass is 10.1. The van der Waals surface area contributed by atoms with Crippen molar-refractivity contribution in [3.63, 3.8) is 0 Å². The number of hydrogen-bond acceptors (Lipinski definition) is 4. The summed E-state index contributed by atoms with van der Waals surface area (Å²) in [6.45, 7) is 4.06. The molecule has 0 spiro atoms. The summed E-state index contributed by atoms with van der Waals surface area (Å²) in [5.74, 6) is 0.166. The highest BCUT2D eigenvalue weighted by atomic mass is 32.2. The second-order valence-corrected chi connectivity index (χ2v) is 8.72. The summed E-state index contributed by atoms with van der Waals surface area (Å²) in [5, 5.41) is 1.96. The first-order valence-corrected chi connectivity index (χ1v) is 11.3. The lowest BCUT2D eigenvalue weighted by molar-refractivity contribution is 0.102. The van der Waals surface area contributed by atoms with Gasteiger partial charge >= 0.3 is 0 Å². The molecule has 158 valence electrons. The standard InChI is InChI=1S/C26H21N3O2S/c1-16-11-12-18(13-17(16)2)29-25(31)20-8-4-6-10-23(20)28-26(29)32-15-24(30)21-14-27-22-9-5-3-7-19(21)22/h3-14,27H,15H2,1-2H3. The van der Waals surface area contributed by atoms with Gasteiger partial charge in [-0.2, -0.15) is 0 Å². The molecule has 0 amide bonds. The Kier molecular flexibility index (Phi) is 5.15. The number of H-pyrrole nitrogens is 1. The monoisotopic (exact) mass is 439 g/mol. The van der Waals surface area contributed by atoms with E-state index in [1.165, 1.54) is 11.8 Å². The first-order chi connectivity index (χ1) is 15.5. The molecule has 0 fully saturated rings. The van der Waals surface area contributed by atoms with Crippen molar-refractivity contribution in [1.82, 2.24) is 14.5 Å². The lowest BCUT2D eigenvalue weighted by Gasteiger charge is -2.14. The van der Waals surface area contributed by atoms with Gasteiger partial charge in [-0.05, 0) is 55.3 Å². The van der Waals surface area contributed by atoms with E-state index in [0.29, 0.717) is 21.6 Å². The van der Waals surface area contributed by atoms with Crippen molar-refractivity contribution in [1.29, 1.82) is 0 Å². The van der Waals surface area contributed by atoms with E-state index in [0.717, 1.165) is 27.7 Å². The fraction of sp³-hybridized carbons (Fsp3) is 0.115. The Bertz CT molecular complexity index is 1550. The molecule has 0 aliphatic carbocycles. The molecule has 2 heterocycles. The van der Waals surface area contributed by atoms with Crippen molar-refractivity contribution < 1.29 is 4.79 Å². The average molecular weight is 440 g/mol. The second-order valence-electron chi connectivity index (χ2n) is 7.78. The molecule has 0 radical (unpaired) electrons. The van der Waals surface area contributed by atoms with E-state index >= 15 is 0 Å². The largest absolute Gasteiger partial charge is 0.360 e. The Morgan fingerprint density at radius 2 is 1.72 bits per heavy atom. The number of benzene rings is 3. The summed E-state index contributed by atoms with van der Waals surface area (Å²) in [4.78, 5) is 34.3.